The van der Waals surface area contributed by atoms with E-state index in [4.69, 9.17) is 4.74 Å². The molecule has 8 heteroatoms. The molecule has 7 nitrogen and oxygen atoms in total. The summed E-state index contributed by atoms with van der Waals surface area (Å²) in [6, 6.07) is 8.17. The van der Waals surface area contributed by atoms with Crippen LogP contribution in [0, 0.1) is 0 Å². The minimum absolute atomic E-state index is 0.204. The van der Waals surface area contributed by atoms with Gasteiger partial charge in [-0.05, 0) is 32.9 Å². The van der Waals surface area contributed by atoms with Gasteiger partial charge in [0.2, 0.25) is 5.91 Å². The number of rotatable bonds is 5. The highest BCUT2D eigenvalue weighted by Crippen LogP contribution is 2.56. The zero-order valence-corrected chi connectivity index (χ0v) is 15.0. The van der Waals surface area contributed by atoms with Gasteiger partial charge in [0.1, 0.15) is 17.2 Å². The number of benzene rings is 1. The summed E-state index contributed by atoms with van der Waals surface area (Å²) in [6.07, 6.45) is 0. The fourth-order valence-corrected chi connectivity index (χ4v) is 4.90. The lowest BCUT2D eigenvalue weighted by atomic mass is 9.82. The topological polar surface area (TPSA) is 95.9 Å². The Hall–Kier alpha value is -2.22. The van der Waals surface area contributed by atoms with Crippen molar-refractivity contribution >= 4 is 29.5 Å². The average molecular weight is 364 g/mol. The van der Waals surface area contributed by atoms with Crippen LogP contribution in [0.2, 0.25) is 0 Å². The molecule has 2 aliphatic heterocycles. The molecule has 1 aromatic rings. The second-order valence-corrected chi connectivity index (χ2v) is 8.49. The van der Waals surface area contributed by atoms with E-state index in [2.05, 4.69) is 5.32 Å². The zero-order valence-electron chi connectivity index (χ0n) is 14.2. The van der Waals surface area contributed by atoms with Gasteiger partial charge in [-0.2, -0.15) is 0 Å². The Morgan fingerprint density at radius 2 is 1.92 bits per heavy atom. The highest BCUT2D eigenvalue weighted by atomic mass is 32.2. The summed E-state index contributed by atoms with van der Waals surface area (Å²) in [6.45, 7) is 4.95. The summed E-state index contributed by atoms with van der Waals surface area (Å²) in [5, 5.41) is 11.9. The highest BCUT2D eigenvalue weighted by Gasteiger charge is 2.70. The van der Waals surface area contributed by atoms with Crippen molar-refractivity contribution in [2.75, 3.05) is 6.61 Å². The number of amides is 2. The van der Waals surface area contributed by atoms with Crippen LogP contribution in [-0.4, -0.2) is 56.1 Å². The van der Waals surface area contributed by atoms with Crippen molar-refractivity contribution in [1.82, 2.24) is 10.2 Å². The Balaban J connectivity index is 1.64. The molecule has 0 spiro atoms. The maximum atomic E-state index is 12.5. The summed E-state index contributed by atoms with van der Waals surface area (Å²) in [5.74, 6) is -1.27. The van der Waals surface area contributed by atoms with Gasteiger partial charge >= 0.3 is 5.97 Å². The predicted molar refractivity (Wildman–Crippen MR) is 92.2 cm³/mol. The van der Waals surface area contributed by atoms with Gasteiger partial charge in [-0.15, -0.1) is 11.8 Å². The predicted octanol–water partition coefficient (Wildman–Crippen LogP) is 1.09. The lowest BCUT2D eigenvalue weighted by Gasteiger charge is -2.48. The van der Waals surface area contributed by atoms with Crippen molar-refractivity contribution in [1.29, 1.82) is 0 Å². The largest absolute Gasteiger partial charge is 0.484 e. The molecular formula is C17H20N2O5S. The second kappa shape index (κ2) is 5.94. The first-order chi connectivity index (χ1) is 11.7. The molecule has 0 unspecified atom stereocenters. The van der Waals surface area contributed by atoms with Gasteiger partial charge in [-0.25, -0.2) is 4.79 Å². The second-order valence-electron chi connectivity index (χ2n) is 6.75. The number of aliphatic carboxylic acids is 1. The van der Waals surface area contributed by atoms with Crippen LogP contribution >= 0.6 is 11.8 Å². The minimum Gasteiger partial charge on any atom is -0.484 e. The number of para-hydroxylation sites is 1. The van der Waals surface area contributed by atoms with E-state index in [1.54, 1.807) is 45.0 Å². The fraction of sp³-hybridized carbons (Fsp3) is 0.471. The van der Waals surface area contributed by atoms with E-state index in [-0.39, 0.29) is 17.9 Å². The van der Waals surface area contributed by atoms with Crippen LogP contribution < -0.4 is 10.1 Å². The Morgan fingerprint density at radius 1 is 1.28 bits per heavy atom. The Bertz CT molecular complexity index is 723. The number of carbonyl (C=O) groups is 3. The third kappa shape index (κ3) is 2.64. The van der Waals surface area contributed by atoms with Crippen LogP contribution in [0.15, 0.2) is 30.3 Å². The van der Waals surface area contributed by atoms with Crippen LogP contribution in [0.3, 0.4) is 0 Å². The number of carboxylic acids is 1. The molecule has 3 atom stereocenters. The molecule has 2 heterocycles. The van der Waals surface area contributed by atoms with Gasteiger partial charge < -0.3 is 20.1 Å². The quantitative estimate of drug-likeness (QED) is 0.760. The molecule has 25 heavy (non-hydrogen) atoms. The first kappa shape index (κ1) is 17.6. The summed E-state index contributed by atoms with van der Waals surface area (Å²) in [5.41, 5.74) is -1.30. The van der Waals surface area contributed by atoms with Crippen molar-refractivity contribution in [2.24, 2.45) is 0 Å². The maximum absolute atomic E-state index is 12.5. The third-order valence-corrected chi connectivity index (χ3v) is 6.67. The number of β-lactam (4-membered cyclic amide) rings is 1. The number of nitrogens with zero attached hydrogens (tertiary/aromatic N) is 1. The van der Waals surface area contributed by atoms with Crippen LogP contribution in [0.4, 0.5) is 0 Å². The molecule has 3 rings (SSSR count). The summed E-state index contributed by atoms with van der Waals surface area (Å²) >= 11 is 1.39. The molecule has 2 fully saturated rings. The lowest BCUT2D eigenvalue weighted by Crippen LogP contribution is -2.74. The van der Waals surface area contributed by atoms with Crippen molar-refractivity contribution in [3.63, 3.8) is 0 Å². The molecule has 0 aromatic heterocycles. The number of carbonyl (C=O) groups excluding carboxylic acids is 2. The number of nitrogens with one attached hydrogen (secondary N) is 1. The molecule has 0 bridgehead atoms. The summed E-state index contributed by atoms with van der Waals surface area (Å²) in [4.78, 5) is 37.6. The van der Waals surface area contributed by atoms with E-state index in [0.29, 0.717) is 5.75 Å². The normalized spacial score (nSPS) is 29.6. The van der Waals surface area contributed by atoms with E-state index in [1.165, 1.54) is 16.7 Å². The van der Waals surface area contributed by atoms with E-state index in [0.717, 1.165) is 0 Å². The number of thioether (sulfide) groups is 1. The molecule has 1 aromatic carbocycles. The monoisotopic (exact) mass is 364 g/mol. The fourth-order valence-electron chi connectivity index (χ4n) is 3.14. The molecule has 0 radical (unpaired) electrons. The average Bonchev–Trinajstić information content (AvgIpc) is 2.77. The smallest absolute Gasteiger partial charge is 0.330 e. The van der Waals surface area contributed by atoms with Crippen molar-refractivity contribution in [3.05, 3.63) is 30.3 Å². The third-order valence-electron chi connectivity index (χ3n) is 4.96. The van der Waals surface area contributed by atoms with Crippen LogP contribution in [0.25, 0.3) is 0 Å². The Morgan fingerprint density at radius 3 is 2.52 bits per heavy atom. The molecule has 0 aliphatic carbocycles. The van der Waals surface area contributed by atoms with Crippen LogP contribution in [0.1, 0.15) is 20.8 Å². The molecule has 2 saturated heterocycles. The Kier molecular flexibility index (Phi) is 4.18. The van der Waals surface area contributed by atoms with Crippen molar-refractivity contribution in [3.8, 4) is 5.75 Å². The number of hydrogen-bond donors (Lipinski definition) is 2. The number of carboxylic acid groups (broad SMARTS) is 1. The Labute approximate surface area is 149 Å². The molecular weight excluding hydrogens is 344 g/mol. The van der Waals surface area contributed by atoms with Crippen molar-refractivity contribution < 1.29 is 24.2 Å². The molecule has 134 valence electrons. The molecule has 0 saturated carbocycles. The van der Waals surface area contributed by atoms with Gasteiger partial charge in [0.15, 0.2) is 12.1 Å². The minimum atomic E-state index is -1.30. The first-order valence-corrected chi connectivity index (χ1v) is 8.78. The van der Waals surface area contributed by atoms with Crippen LogP contribution in [-0.2, 0) is 14.4 Å². The maximum Gasteiger partial charge on any atom is 0.330 e. The summed E-state index contributed by atoms with van der Waals surface area (Å²) < 4.78 is 4.70. The van der Waals surface area contributed by atoms with Gasteiger partial charge in [0.25, 0.3) is 5.91 Å². The van der Waals surface area contributed by atoms with Gasteiger partial charge in [-0.1, -0.05) is 18.2 Å². The van der Waals surface area contributed by atoms with E-state index < -0.39 is 28.2 Å². The van der Waals surface area contributed by atoms with Crippen LogP contribution in [0.5, 0.6) is 5.75 Å². The highest BCUT2D eigenvalue weighted by molar-refractivity contribution is 8.01. The standard InChI is InChI=1S/C17H20N2O5S/c1-16(2)17(3,15(22)23)19-13(21)12(14(19)25-16)18-11(20)9-24-10-7-5-4-6-8-10/h4-8,12,14H,9H2,1-3H3,(H,18,20)(H,22,23)/t12-,14+,17-/m0/s1. The van der Waals surface area contributed by atoms with Gasteiger partial charge in [-0.3, -0.25) is 9.59 Å². The molecule has 2 aliphatic rings. The molecule has 2 amide bonds. The van der Waals surface area contributed by atoms with Crippen molar-refractivity contribution in [2.45, 2.75) is 42.5 Å². The zero-order chi connectivity index (χ0) is 18.4. The molecule has 2 N–H and O–H groups in total. The van der Waals surface area contributed by atoms with Gasteiger partial charge in [0.05, 0.1) is 0 Å². The lowest BCUT2D eigenvalue weighted by molar-refractivity contribution is -0.170. The number of fused-ring (bicyclic) bond motifs is 1. The van der Waals surface area contributed by atoms with E-state index >= 15 is 0 Å². The van der Waals surface area contributed by atoms with E-state index in [1.807, 2.05) is 6.07 Å². The summed E-state index contributed by atoms with van der Waals surface area (Å²) in [7, 11) is 0. The van der Waals surface area contributed by atoms with E-state index in [9.17, 15) is 19.5 Å². The number of ether oxygens (including phenoxy) is 1. The first-order valence-electron chi connectivity index (χ1n) is 7.90. The van der Waals surface area contributed by atoms with Gasteiger partial charge in [0, 0.05) is 4.75 Å². The number of hydrogen-bond acceptors (Lipinski definition) is 5. The SMILES string of the molecule is CC1(C)S[C@@H]2[C@@H](NC(=O)COc3ccccc3)C(=O)N2[C@@]1(C)C(=O)O.